The molecule has 3 aromatic rings. The first-order valence-corrected chi connectivity index (χ1v) is 11.2. The fourth-order valence-electron chi connectivity index (χ4n) is 4.58. The summed E-state index contributed by atoms with van der Waals surface area (Å²) >= 11 is 0. The van der Waals surface area contributed by atoms with Crippen LogP contribution >= 0.6 is 0 Å². The first-order valence-electron chi connectivity index (χ1n) is 11.2. The summed E-state index contributed by atoms with van der Waals surface area (Å²) in [5.74, 6) is 1.56. The number of imidazole rings is 1. The van der Waals surface area contributed by atoms with Gasteiger partial charge in [0, 0.05) is 36.1 Å². The van der Waals surface area contributed by atoms with Gasteiger partial charge in [-0.2, -0.15) is 0 Å². The minimum Gasteiger partial charge on any atom is -0.366 e. The molecule has 3 aromatic heterocycles. The van der Waals surface area contributed by atoms with Crippen LogP contribution in [0.15, 0.2) is 30.7 Å². The average Bonchev–Trinajstić information content (AvgIpc) is 3.20. The van der Waals surface area contributed by atoms with E-state index in [1.807, 2.05) is 35.2 Å². The second-order valence-electron chi connectivity index (χ2n) is 8.66. The molecule has 0 aliphatic heterocycles. The first kappa shape index (κ1) is 19.2. The highest BCUT2D eigenvalue weighted by Crippen LogP contribution is 2.24. The summed E-state index contributed by atoms with van der Waals surface area (Å²) in [5, 5.41) is 11.8. The van der Waals surface area contributed by atoms with Crippen molar-refractivity contribution in [3.63, 3.8) is 0 Å². The Bertz CT molecular complexity index is 968. The lowest BCUT2D eigenvalue weighted by molar-refractivity contribution is 0.410. The number of hydrogen-bond acceptors (Lipinski definition) is 7. The second-order valence-corrected chi connectivity index (χ2v) is 8.66. The molecule has 0 radical (unpaired) electrons. The molecule has 2 aliphatic rings. The zero-order chi connectivity index (χ0) is 20.3. The van der Waals surface area contributed by atoms with Crippen molar-refractivity contribution in [2.24, 2.45) is 5.73 Å². The van der Waals surface area contributed by atoms with E-state index < -0.39 is 0 Å². The molecule has 5 rings (SSSR count). The summed E-state index contributed by atoms with van der Waals surface area (Å²) in [5.41, 5.74) is 8.64. The Morgan fingerprint density at radius 2 is 1.53 bits per heavy atom. The van der Waals surface area contributed by atoms with Gasteiger partial charge in [0.2, 0.25) is 5.95 Å². The van der Waals surface area contributed by atoms with Crippen LogP contribution in [0.5, 0.6) is 0 Å². The maximum Gasteiger partial charge on any atom is 0.222 e. The number of anilines is 2. The van der Waals surface area contributed by atoms with Crippen LogP contribution in [-0.2, 0) is 0 Å². The Kier molecular flexibility index (Phi) is 5.48. The molecule has 4 N–H and O–H groups in total. The zero-order valence-corrected chi connectivity index (χ0v) is 17.3. The van der Waals surface area contributed by atoms with Gasteiger partial charge in [0.25, 0.3) is 0 Å². The Hall–Kier alpha value is -2.74. The molecule has 0 saturated heterocycles. The second kappa shape index (κ2) is 8.55. The lowest BCUT2D eigenvalue weighted by atomic mass is 9.92. The van der Waals surface area contributed by atoms with E-state index in [9.17, 15) is 0 Å². The molecule has 0 bridgehead atoms. The summed E-state index contributed by atoms with van der Waals surface area (Å²) < 4.78 is 1.86. The van der Waals surface area contributed by atoms with Gasteiger partial charge in [0.05, 0.1) is 11.9 Å². The van der Waals surface area contributed by atoms with Gasteiger partial charge in [0.15, 0.2) is 5.65 Å². The van der Waals surface area contributed by atoms with Gasteiger partial charge in [0.1, 0.15) is 5.82 Å². The molecular weight excluding hydrogens is 376 g/mol. The third-order valence-corrected chi connectivity index (χ3v) is 6.37. The highest BCUT2D eigenvalue weighted by molar-refractivity contribution is 5.62. The molecular formula is C22H30N8. The van der Waals surface area contributed by atoms with Crippen LogP contribution in [0, 0.1) is 0 Å². The normalized spacial score (nSPS) is 22.8. The third kappa shape index (κ3) is 4.23. The Morgan fingerprint density at radius 3 is 2.30 bits per heavy atom. The summed E-state index contributed by atoms with van der Waals surface area (Å²) in [6.45, 7) is 0. The van der Waals surface area contributed by atoms with Crippen LogP contribution < -0.4 is 16.4 Å². The van der Waals surface area contributed by atoms with Gasteiger partial charge in [-0.15, -0.1) is 5.10 Å². The van der Waals surface area contributed by atoms with E-state index >= 15 is 0 Å². The molecule has 0 spiro atoms. The molecule has 0 aromatic carbocycles. The molecule has 3 heterocycles. The van der Waals surface area contributed by atoms with Crippen molar-refractivity contribution >= 4 is 17.4 Å². The van der Waals surface area contributed by atoms with Gasteiger partial charge in [-0.25, -0.2) is 19.5 Å². The van der Waals surface area contributed by atoms with Gasteiger partial charge in [-0.05, 0) is 50.7 Å². The van der Waals surface area contributed by atoms with Crippen LogP contribution in [0.4, 0.5) is 11.8 Å². The van der Waals surface area contributed by atoms with E-state index in [4.69, 9.17) is 10.8 Å². The monoisotopic (exact) mass is 406 g/mol. The molecule has 2 saturated carbocycles. The lowest BCUT2D eigenvalue weighted by Gasteiger charge is -2.27. The average molecular weight is 407 g/mol. The number of rotatable bonds is 5. The number of fused-ring (bicyclic) bond motifs is 1. The third-order valence-electron chi connectivity index (χ3n) is 6.37. The van der Waals surface area contributed by atoms with Crippen molar-refractivity contribution in [1.29, 1.82) is 0 Å². The van der Waals surface area contributed by atoms with Gasteiger partial charge < -0.3 is 16.4 Å². The summed E-state index contributed by atoms with van der Waals surface area (Å²) in [4.78, 5) is 13.6. The summed E-state index contributed by atoms with van der Waals surface area (Å²) in [6, 6.07) is 5.25. The molecule has 8 heteroatoms. The maximum absolute atomic E-state index is 6.03. The minimum absolute atomic E-state index is 0.342. The zero-order valence-electron chi connectivity index (χ0n) is 17.3. The smallest absolute Gasteiger partial charge is 0.222 e. The van der Waals surface area contributed by atoms with Crippen molar-refractivity contribution in [3.8, 4) is 11.3 Å². The number of aromatic nitrogens is 5. The lowest BCUT2D eigenvalue weighted by Crippen LogP contribution is -2.33. The fraction of sp³-hybridized carbons (Fsp3) is 0.545. The van der Waals surface area contributed by atoms with Gasteiger partial charge >= 0.3 is 0 Å². The Labute approximate surface area is 176 Å². The van der Waals surface area contributed by atoms with E-state index in [1.165, 1.54) is 32.1 Å². The molecule has 30 heavy (non-hydrogen) atoms. The topological polar surface area (TPSA) is 106 Å². The van der Waals surface area contributed by atoms with E-state index in [1.54, 1.807) is 0 Å². The van der Waals surface area contributed by atoms with Crippen molar-refractivity contribution < 1.29 is 0 Å². The molecule has 2 aliphatic carbocycles. The minimum atomic E-state index is 0.342. The van der Waals surface area contributed by atoms with Crippen molar-refractivity contribution in [3.05, 3.63) is 30.7 Å². The van der Waals surface area contributed by atoms with E-state index in [2.05, 4.69) is 25.6 Å². The summed E-state index contributed by atoms with van der Waals surface area (Å²) in [7, 11) is 0. The highest BCUT2D eigenvalue weighted by Gasteiger charge is 2.19. The highest BCUT2D eigenvalue weighted by atomic mass is 15.3. The number of hydrogen-bond donors (Lipinski definition) is 3. The Morgan fingerprint density at radius 1 is 0.800 bits per heavy atom. The molecule has 8 nitrogen and oxygen atoms in total. The van der Waals surface area contributed by atoms with Crippen LogP contribution in [0.2, 0.25) is 0 Å². The molecule has 2 fully saturated rings. The fourth-order valence-corrected chi connectivity index (χ4v) is 4.58. The standard InChI is InChI=1S/C22H30N8/c23-16-6-8-18(9-7-16)27-20-10-11-21-24-14-19(30(21)29-20)15-12-25-22(26-13-15)28-17-4-2-1-3-5-17/h10-14,16-18H,1-9,23H2,(H,27,29)(H,25,26,28)/t16-,18-. The summed E-state index contributed by atoms with van der Waals surface area (Å²) in [6.07, 6.45) is 16.1. The maximum atomic E-state index is 6.03. The van der Waals surface area contributed by atoms with Crippen LogP contribution in [0.25, 0.3) is 16.9 Å². The number of nitrogens with one attached hydrogen (secondary N) is 2. The van der Waals surface area contributed by atoms with Crippen LogP contribution in [0.3, 0.4) is 0 Å². The van der Waals surface area contributed by atoms with Crippen molar-refractivity contribution in [2.75, 3.05) is 10.6 Å². The van der Waals surface area contributed by atoms with E-state index in [0.717, 1.165) is 48.4 Å². The van der Waals surface area contributed by atoms with Gasteiger partial charge in [-0.1, -0.05) is 19.3 Å². The molecule has 158 valence electrons. The predicted molar refractivity (Wildman–Crippen MR) is 118 cm³/mol. The molecule has 0 atom stereocenters. The van der Waals surface area contributed by atoms with E-state index in [0.29, 0.717) is 24.1 Å². The quantitative estimate of drug-likeness (QED) is 0.594. The Balaban J connectivity index is 1.32. The van der Waals surface area contributed by atoms with Crippen molar-refractivity contribution in [1.82, 2.24) is 24.6 Å². The van der Waals surface area contributed by atoms with Crippen molar-refractivity contribution in [2.45, 2.75) is 75.9 Å². The van der Waals surface area contributed by atoms with Crippen LogP contribution in [-0.4, -0.2) is 42.7 Å². The largest absolute Gasteiger partial charge is 0.366 e. The molecule has 0 unspecified atom stereocenters. The van der Waals surface area contributed by atoms with E-state index in [-0.39, 0.29) is 0 Å². The van der Waals surface area contributed by atoms with Gasteiger partial charge in [-0.3, -0.25) is 0 Å². The first-order chi connectivity index (χ1) is 14.7. The predicted octanol–water partition coefficient (Wildman–Crippen LogP) is 3.61. The number of nitrogens with two attached hydrogens (primary N) is 1. The SMILES string of the molecule is N[C@H]1CC[C@H](Nc2ccc3ncc(-c4cnc(NC5CCCCC5)nc4)n3n2)CC1. The number of nitrogens with zero attached hydrogens (tertiary/aromatic N) is 5. The molecule has 0 amide bonds. The van der Waals surface area contributed by atoms with Crippen LogP contribution in [0.1, 0.15) is 57.8 Å².